The van der Waals surface area contributed by atoms with Crippen molar-refractivity contribution in [2.75, 3.05) is 26.2 Å². The van der Waals surface area contributed by atoms with Crippen LogP contribution < -0.4 is 4.74 Å². The number of carbonyl (C=O) groups excluding carboxylic acids is 3. The molecule has 202 valence electrons. The molecular weight excluding hydrogens is 530 g/mol. The molecule has 6 nitrogen and oxygen atoms in total. The van der Waals surface area contributed by atoms with E-state index in [9.17, 15) is 18.8 Å². The van der Waals surface area contributed by atoms with Crippen molar-refractivity contribution in [1.82, 2.24) is 9.80 Å². The average molecular weight is 561 g/mol. The molecule has 0 unspecified atom stereocenters. The molecule has 0 N–H and O–H groups in total. The van der Waals surface area contributed by atoms with E-state index in [4.69, 9.17) is 27.9 Å². The number of amides is 2. The minimum Gasteiger partial charge on any atom is -0.427 e. The number of carbonyl (C=O) groups is 3. The maximum Gasteiger partial charge on any atom is 0.311 e. The Bertz CT molecular complexity index is 1230. The molecular formula is C29H31Cl2FN2O4. The van der Waals surface area contributed by atoms with E-state index >= 15 is 0 Å². The lowest BCUT2D eigenvalue weighted by atomic mass is 9.87. The lowest BCUT2D eigenvalue weighted by Gasteiger charge is -2.34. The molecule has 2 atom stereocenters. The molecule has 38 heavy (non-hydrogen) atoms. The predicted octanol–water partition coefficient (Wildman–Crippen LogP) is 5.71. The maximum atomic E-state index is 13.6. The number of hydrogen-bond donors (Lipinski definition) is 0. The van der Waals surface area contributed by atoms with E-state index in [1.165, 1.54) is 24.3 Å². The predicted molar refractivity (Wildman–Crippen MR) is 143 cm³/mol. The number of piperidine rings is 1. The fourth-order valence-electron chi connectivity index (χ4n) is 5.64. The highest BCUT2D eigenvalue weighted by Gasteiger charge is 2.48. The van der Waals surface area contributed by atoms with Crippen molar-refractivity contribution in [3.05, 3.63) is 63.9 Å². The summed E-state index contributed by atoms with van der Waals surface area (Å²) >= 11 is 12.4. The van der Waals surface area contributed by atoms with Gasteiger partial charge in [0.05, 0.1) is 16.5 Å². The molecule has 0 spiro atoms. The van der Waals surface area contributed by atoms with Gasteiger partial charge < -0.3 is 14.5 Å². The van der Waals surface area contributed by atoms with E-state index in [2.05, 4.69) is 0 Å². The van der Waals surface area contributed by atoms with Gasteiger partial charge in [0, 0.05) is 43.4 Å². The first-order valence-electron chi connectivity index (χ1n) is 13.1. The summed E-state index contributed by atoms with van der Waals surface area (Å²) < 4.78 is 18.7. The lowest BCUT2D eigenvalue weighted by molar-refractivity contribution is -0.142. The summed E-state index contributed by atoms with van der Waals surface area (Å²) in [6, 6.07) is 10.7. The van der Waals surface area contributed by atoms with Crippen LogP contribution in [0.4, 0.5) is 4.39 Å². The van der Waals surface area contributed by atoms with Crippen LogP contribution in [0.2, 0.25) is 10.0 Å². The third-order valence-electron chi connectivity index (χ3n) is 8.25. The Morgan fingerprint density at radius 1 is 0.974 bits per heavy atom. The van der Waals surface area contributed by atoms with Crippen LogP contribution >= 0.6 is 23.2 Å². The standard InChI is InChI=1S/C29H31Cl2FN2O4/c1-29(10-11-29)28(37)33-12-8-18(9-13-33)27(36)34-16-20(15-26(35)38-22-5-3-21(32)4-6-22)23(17-34)19-2-7-24(30)25(31)14-19/h2-7,14,18,20,23H,8-13,15-17H2,1H3/t20-,23+/m0/s1. The number of ether oxygens (including phenoxy) is 1. The molecule has 2 heterocycles. The van der Waals surface area contributed by atoms with Crippen LogP contribution in [-0.4, -0.2) is 53.8 Å². The van der Waals surface area contributed by atoms with Crippen LogP contribution in [0.15, 0.2) is 42.5 Å². The van der Waals surface area contributed by atoms with Crippen LogP contribution in [0.3, 0.4) is 0 Å². The minimum absolute atomic E-state index is 0.0641. The van der Waals surface area contributed by atoms with Crippen molar-refractivity contribution in [2.45, 2.75) is 44.9 Å². The number of rotatable bonds is 6. The van der Waals surface area contributed by atoms with E-state index in [1.807, 2.05) is 22.8 Å². The summed E-state index contributed by atoms with van der Waals surface area (Å²) in [5, 5.41) is 0.859. The van der Waals surface area contributed by atoms with Crippen molar-refractivity contribution in [2.24, 2.45) is 17.3 Å². The molecule has 2 amide bonds. The first kappa shape index (κ1) is 26.9. The fraction of sp³-hybridized carbons (Fsp3) is 0.483. The second kappa shape index (κ2) is 10.9. The van der Waals surface area contributed by atoms with Crippen LogP contribution in [0, 0.1) is 23.1 Å². The molecule has 3 aliphatic rings. The number of halogens is 3. The minimum atomic E-state index is -0.443. The van der Waals surface area contributed by atoms with E-state index < -0.39 is 11.8 Å². The van der Waals surface area contributed by atoms with Gasteiger partial charge in [-0.15, -0.1) is 0 Å². The Kier molecular flexibility index (Phi) is 7.70. The second-order valence-electron chi connectivity index (χ2n) is 11.0. The van der Waals surface area contributed by atoms with Gasteiger partial charge in [-0.1, -0.05) is 36.2 Å². The zero-order chi connectivity index (χ0) is 27.0. The molecule has 1 aliphatic carbocycles. The summed E-state index contributed by atoms with van der Waals surface area (Å²) in [5.41, 5.74) is 0.710. The van der Waals surface area contributed by atoms with E-state index in [1.54, 1.807) is 12.1 Å². The number of esters is 1. The van der Waals surface area contributed by atoms with E-state index in [-0.39, 0.29) is 47.2 Å². The van der Waals surface area contributed by atoms with Gasteiger partial charge in [-0.05, 0) is 73.6 Å². The van der Waals surface area contributed by atoms with Crippen molar-refractivity contribution in [1.29, 1.82) is 0 Å². The zero-order valence-corrected chi connectivity index (χ0v) is 22.8. The van der Waals surface area contributed by atoms with Gasteiger partial charge in [0.25, 0.3) is 0 Å². The summed E-state index contributed by atoms with van der Waals surface area (Å²) in [4.78, 5) is 42.8. The van der Waals surface area contributed by atoms with Crippen molar-refractivity contribution >= 4 is 41.0 Å². The van der Waals surface area contributed by atoms with Crippen LogP contribution in [0.1, 0.15) is 50.5 Å². The highest BCUT2D eigenvalue weighted by molar-refractivity contribution is 6.42. The first-order valence-corrected chi connectivity index (χ1v) is 13.9. The average Bonchev–Trinajstić information content (AvgIpc) is 3.53. The first-order chi connectivity index (χ1) is 18.1. The molecule has 5 rings (SSSR count). The summed E-state index contributed by atoms with van der Waals surface area (Å²) in [6.45, 7) is 4.09. The van der Waals surface area contributed by atoms with E-state index in [0.29, 0.717) is 49.1 Å². The summed E-state index contributed by atoms with van der Waals surface area (Å²) in [5.74, 6) is -0.752. The van der Waals surface area contributed by atoms with Gasteiger partial charge >= 0.3 is 5.97 Å². The maximum absolute atomic E-state index is 13.6. The Morgan fingerprint density at radius 2 is 1.66 bits per heavy atom. The van der Waals surface area contributed by atoms with Gasteiger partial charge in [-0.25, -0.2) is 4.39 Å². The Hall–Kier alpha value is -2.64. The van der Waals surface area contributed by atoms with Gasteiger partial charge in [0.15, 0.2) is 0 Å². The molecule has 0 bridgehead atoms. The molecule has 2 aromatic rings. The van der Waals surface area contributed by atoms with Crippen molar-refractivity contribution in [3.8, 4) is 5.75 Å². The van der Waals surface area contributed by atoms with Gasteiger partial charge in [0.2, 0.25) is 11.8 Å². The van der Waals surface area contributed by atoms with Crippen LogP contribution in [0.25, 0.3) is 0 Å². The van der Waals surface area contributed by atoms with Crippen LogP contribution in [-0.2, 0) is 14.4 Å². The molecule has 3 fully saturated rings. The lowest BCUT2D eigenvalue weighted by Crippen LogP contribution is -2.45. The normalized spacial score (nSPS) is 22.8. The quantitative estimate of drug-likeness (QED) is 0.335. The Morgan fingerprint density at radius 3 is 2.29 bits per heavy atom. The number of hydrogen-bond acceptors (Lipinski definition) is 4. The highest BCUT2D eigenvalue weighted by atomic mass is 35.5. The smallest absolute Gasteiger partial charge is 0.311 e. The summed E-state index contributed by atoms with van der Waals surface area (Å²) in [7, 11) is 0. The van der Waals surface area contributed by atoms with Crippen LogP contribution in [0.5, 0.6) is 5.75 Å². The third-order valence-corrected chi connectivity index (χ3v) is 8.99. The SMILES string of the molecule is CC1(C(=O)N2CCC(C(=O)N3C[C@H](CC(=O)Oc4ccc(F)cc4)[C@@H](c4ccc(Cl)c(Cl)c4)C3)CC2)CC1. The number of nitrogens with zero attached hydrogens (tertiary/aromatic N) is 2. The van der Waals surface area contributed by atoms with Gasteiger partial charge in [0.1, 0.15) is 11.6 Å². The van der Waals surface area contributed by atoms with Gasteiger partial charge in [-0.3, -0.25) is 14.4 Å². The topological polar surface area (TPSA) is 66.9 Å². The molecule has 2 aliphatic heterocycles. The van der Waals surface area contributed by atoms with E-state index in [0.717, 1.165) is 18.4 Å². The molecule has 2 saturated heterocycles. The Balaban J connectivity index is 1.26. The fourth-order valence-corrected chi connectivity index (χ4v) is 5.95. The Labute approximate surface area is 232 Å². The largest absolute Gasteiger partial charge is 0.427 e. The number of likely N-dealkylation sites (tertiary alicyclic amines) is 2. The highest BCUT2D eigenvalue weighted by Crippen LogP contribution is 2.47. The zero-order valence-electron chi connectivity index (χ0n) is 21.3. The van der Waals surface area contributed by atoms with Crippen molar-refractivity contribution in [3.63, 3.8) is 0 Å². The second-order valence-corrected chi connectivity index (χ2v) is 11.9. The number of benzene rings is 2. The molecule has 2 aromatic carbocycles. The molecule has 0 radical (unpaired) electrons. The molecule has 0 aromatic heterocycles. The molecule has 1 saturated carbocycles. The van der Waals surface area contributed by atoms with Gasteiger partial charge in [-0.2, -0.15) is 0 Å². The molecule has 9 heteroatoms. The summed E-state index contributed by atoms with van der Waals surface area (Å²) in [6.07, 6.45) is 3.27. The monoisotopic (exact) mass is 560 g/mol. The third kappa shape index (κ3) is 5.84. The van der Waals surface area contributed by atoms with Crippen molar-refractivity contribution < 1.29 is 23.5 Å².